The number of thioether (sulfide) groups is 2. The van der Waals surface area contributed by atoms with Crippen molar-refractivity contribution in [3.05, 3.63) is 17.1 Å². The number of nitrogens with zero attached hydrogens (tertiary/aromatic N) is 6. The van der Waals surface area contributed by atoms with Crippen molar-refractivity contribution in [1.29, 1.82) is 5.41 Å². The summed E-state index contributed by atoms with van der Waals surface area (Å²) in [5, 5.41) is 24.3. The van der Waals surface area contributed by atoms with Gasteiger partial charge >= 0.3 is 5.97 Å². The van der Waals surface area contributed by atoms with Gasteiger partial charge in [-0.25, -0.2) is 9.79 Å². The maximum atomic E-state index is 13.1. The smallest absolute Gasteiger partial charge is 0.352 e. The number of oxime groups is 1. The van der Waals surface area contributed by atoms with E-state index in [2.05, 4.69) is 24.8 Å². The number of aliphatic imine (C=N–C) groups is 1. The van der Waals surface area contributed by atoms with E-state index >= 15 is 0 Å². The van der Waals surface area contributed by atoms with Crippen LogP contribution in [-0.4, -0.2) is 101 Å². The molecule has 0 bridgehead atoms. The van der Waals surface area contributed by atoms with Gasteiger partial charge in [-0.2, -0.15) is 9.36 Å². The number of aromatic nitrogens is 2. The average molecular weight is 583 g/mol. The Morgan fingerprint density at radius 3 is 2.79 bits per heavy atom. The lowest BCUT2D eigenvalue weighted by Crippen LogP contribution is -2.71. The van der Waals surface area contributed by atoms with Crippen LogP contribution in [0.1, 0.15) is 26.1 Å². The second kappa shape index (κ2) is 11.7. The van der Waals surface area contributed by atoms with Gasteiger partial charge in [-0.05, 0) is 19.4 Å². The molecule has 1 aromatic heterocycles. The molecule has 2 unspecified atom stereocenters. The summed E-state index contributed by atoms with van der Waals surface area (Å²) < 4.78 is 3.98. The van der Waals surface area contributed by atoms with Gasteiger partial charge in [0.15, 0.2) is 10.3 Å². The molecule has 0 aromatic carbocycles. The first-order chi connectivity index (χ1) is 18.2. The predicted octanol–water partition coefficient (Wildman–Crippen LogP) is -0.324. The Labute approximate surface area is 229 Å². The molecule has 0 spiro atoms. The lowest BCUT2D eigenvalue weighted by molar-refractivity contribution is -0.150. The molecule has 4 heterocycles. The van der Waals surface area contributed by atoms with Gasteiger partial charge in [0.2, 0.25) is 11.5 Å². The summed E-state index contributed by atoms with van der Waals surface area (Å²) in [6, 6.07) is -0.976. The number of amides is 2. The topological polar surface area (TPSA) is 226 Å². The van der Waals surface area contributed by atoms with Crippen molar-refractivity contribution in [2.45, 2.75) is 37.8 Å². The zero-order valence-corrected chi connectivity index (χ0v) is 22.9. The third-order valence-electron chi connectivity index (χ3n) is 5.69. The Hall–Kier alpha value is -3.22. The van der Waals surface area contributed by atoms with Crippen LogP contribution in [0.5, 0.6) is 0 Å². The van der Waals surface area contributed by atoms with Crippen molar-refractivity contribution in [3.63, 3.8) is 0 Å². The van der Waals surface area contributed by atoms with Crippen molar-refractivity contribution in [2.24, 2.45) is 15.9 Å². The van der Waals surface area contributed by atoms with Gasteiger partial charge in [0, 0.05) is 36.0 Å². The SMILES string of the molecule is CCON=C(C(=O)NC1C(=O)N2C(C(=O)O)=C(CSC3=NC(=N)CC(N)N3CC)CS[C@@H]12)c1nsc(N)n1. The summed E-state index contributed by atoms with van der Waals surface area (Å²) in [6.45, 7) is 4.38. The number of nitrogens with one attached hydrogen (secondary N) is 2. The molecule has 0 aliphatic carbocycles. The van der Waals surface area contributed by atoms with E-state index in [0.29, 0.717) is 29.5 Å². The summed E-state index contributed by atoms with van der Waals surface area (Å²) in [5.74, 6) is -1.86. The Kier molecular flexibility index (Phi) is 8.54. The van der Waals surface area contributed by atoms with E-state index < -0.39 is 29.2 Å². The number of hydrogen-bond acceptors (Lipinski definition) is 14. The molecular weight excluding hydrogens is 556 g/mol. The Morgan fingerprint density at radius 2 is 2.16 bits per heavy atom. The third kappa shape index (κ3) is 5.47. The lowest BCUT2D eigenvalue weighted by atomic mass is 10.0. The highest BCUT2D eigenvalue weighted by atomic mass is 32.2. The lowest BCUT2D eigenvalue weighted by Gasteiger charge is -2.49. The molecule has 3 aliphatic rings. The first kappa shape index (κ1) is 27.8. The normalized spacial score (nSPS) is 23.6. The van der Waals surface area contributed by atoms with Crippen LogP contribution in [0, 0.1) is 5.41 Å². The van der Waals surface area contributed by atoms with Crippen LogP contribution in [0.15, 0.2) is 21.4 Å². The summed E-state index contributed by atoms with van der Waals surface area (Å²) in [6.07, 6.45) is -0.0458. The number of aliphatic carboxylic acids is 1. The molecule has 1 fully saturated rings. The molecule has 204 valence electrons. The Bertz CT molecular complexity index is 1250. The zero-order valence-electron chi connectivity index (χ0n) is 20.4. The van der Waals surface area contributed by atoms with E-state index in [1.165, 1.54) is 28.4 Å². The number of rotatable bonds is 9. The summed E-state index contributed by atoms with van der Waals surface area (Å²) >= 11 is 3.49. The summed E-state index contributed by atoms with van der Waals surface area (Å²) in [4.78, 5) is 54.5. The number of β-lactam (4-membered cyclic amide) rings is 1. The fourth-order valence-corrected chi connectivity index (χ4v) is 7.02. The number of nitrogens with two attached hydrogens (primary N) is 2. The monoisotopic (exact) mass is 582 g/mol. The van der Waals surface area contributed by atoms with Gasteiger partial charge < -0.3 is 31.6 Å². The van der Waals surface area contributed by atoms with Gasteiger partial charge in [-0.1, -0.05) is 16.9 Å². The summed E-state index contributed by atoms with van der Waals surface area (Å²) in [5.41, 5.74) is 11.9. The van der Waals surface area contributed by atoms with Crippen molar-refractivity contribution >= 4 is 74.7 Å². The van der Waals surface area contributed by atoms with Crippen LogP contribution >= 0.6 is 35.1 Å². The largest absolute Gasteiger partial charge is 0.477 e. The van der Waals surface area contributed by atoms with Crippen molar-refractivity contribution in [3.8, 4) is 0 Å². The fraction of sp³-hybridized carbons (Fsp3) is 0.500. The minimum Gasteiger partial charge on any atom is -0.477 e. The number of amidine groups is 2. The quantitative estimate of drug-likeness (QED) is 0.143. The van der Waals surface area contributed by atoms with E-state index in [-0.39, 0.29) is 46.7 Å². The third-order valence-corrected chi connectivity index (χ3v) is 8.64. The van der Waals surface area contributed by atoms with E-state index in [4.69, 9.17) is 21.7 Å². The van der Waals surface area contributed by atoms with Crippen LogP contribution in [0.2, 0.25) is 0 Å². The van der Waals surface area contributed by atoms with Crippen LogP contribution in [0.25, 0.3) is 0 Å². The second-order valence-corrected chi connectivity index (χ2v) is 11.0. The molecule has 3 aliphatic heterocycles. The fourth-order valence-electron chi connectivity index (χ4n) is 3.96. The number of fused-ring (bicyclic) bond motifs is 1. The molecule has 4 rings (SSSR count). The number of carbonyl (C=O) groups excluding carboxylic acids is 2. The van der Waals surface area contributed by atoms with Crippen molar-refractivity contribution in [2.75, 3.05) is 30.4 Å². The molecule has 15 nitrogen and oxygen atoms in total. The Balaban J connectivity index is 1.49. The number of carboxylic acids is 1. The van der Waals surface area contributed by atoms with Crippen LogP contribution < -0.4 is 16.8 Å². The first-order valence-corrected chi connectivity index (χ1v) is 14.3. The molecule has 1 saturated heterocycles. The highest BCUT2D eigenvalue weighted by Crippen LogP contribution is 2.41. The average Bonchev–Trinajstić information content (AvgIpc) is 3.30. The molecule has 18 heteroatoms. The first-order valence-electron chi connectivity index (χ1n) is 11.5. The van der Waals surface area contributed by atoms with Crippen LogP contribution in [-0.2, 0) is 19.2 Å². The maximum absolute atomic E-state index is 13.1. The van der Waals surface area contributed by atoms with Gasteiger partial charge in [-0.15, -0.1) is 11.8 Å². The van der Waals surface area contributed by atoms with Crippen molar-refractivity contribution in [1.82, 2.24) is 24.5 Å². The molecule has 0 radical (unpaired) electrons. The zero-order chi connectivity index (χ0) is 27.6. The van der Waals surface area contributed by atoms with E-state index in [1.807, 2.05) is 11.8 Å². The van der Waals surface area contributed by atoms with E-state index in [1.54, 1.807) is 6.92 Å². The molecule has 7 N–H and O–H groups in total. The summed E-state index contributed by atoms with van der Waals surface area (Å²) in [7, 11) is 0. The second-order valence-electron chi connectivity index (χ2n) is 8.12. The molecule has 38 heavy (non-hydrogen) atoms. The molecule has 0 saturated carbocycles. The highest BCUT2D eigenvalue weighted by Gasteiger charge is 2.54. The number of nitrogen functional groups attached to an aromatic ring is 1. The van der Waals surface area contributed by atoms with E-state index in [0.717, 1.165) is 11.5 Å². The molecular formula is C20H26N10O5S3. The minimum absolute atomic E-state index is 0.0386. The number of hydrogen-bond donors (Lipinski definition) is 5. The molecule has 3 atom stereocenters. The van der Waals surface area contributed by atoms with Gasteiger partial charge in [0.05, 0.1) is 6.17 Å². The number of anilines is 1. The molecule has 2 amide bonds. The van der Waals surface area contributed by atoms with Gasteiger partial charge in [0.25, 0.3) is 11.8 Å². The van der Waals surface area contributed by atoms with Crippen molar-refractivity contribution < 1.29 is 24.3 Å². The standard InChI is InChI=1S/C20H26N10O5S3/c1-3-29-10(22)5-9(21)24-20(29)37-7-8-6-36-17-12(16(32)30(17)13(8)18(33)34)25-15(31)11(27-35-4-2)14-26-19(23)38-28-14/h10,12,17,21H,3-7,22H2,1-2H3,(H,25,31)(H,33,34)(H2,23,26,28)/t10?,12?,17-/m0/s1. The van der Waals surface area contributed by atoms with Crippen LogP contribution in [0.4, 0.5) is 5.13 Å². The van der Waals surface area contributed by atoms with Gasteiger partial charge in [-0.3, -0.25) is 19.9 Å². The number of carboxylic acid groups (broad SMARTS) is 1. The highest BCUT2D eigenvalue weighted by molar-refractivity contribution is 8.14. The minimum atomic E-state index is -1.24. The number of carbonyl (C=O) groups is 3. The van der Waals surface area contributed by atoms with E-state index in [9.17, 15) is 19.5 Å². The van der Waals surface area contributed by atoms with Gasteiger partial charge in [0.1, 0.15) is 29.6 Å². The Morgan fingerprint density at radius 1 is 1.39 bits per heavy atom. The molecule has 1 aromatic rings. The predicted molar refractivity (Wildman–Crippen MR) is 145 cm³/mol. The maximum Gasteiger partial charge on any atom is 0.352 e. The van der Waals surface area contributed by atoms with Crippen LogP contribution in [0.3, 0.4) is 0 Å².